The van der Waals surface area contributed by atoms with Crippen LogP contribution < -0.4 is 0 Å². The average molecular weight is 270 g/mol. The lowest BCUT2D eigenvalue weighted by molar-refractivity contribution is 0.139. The quantitative estimate of drug-likeness (QED) is 0.861. The molecule has 1 saturated carbocycles. The number of hydrogen-bond donors (Lipinski definition) is 0. The van der Waals surface area contributed by atoms with Crippen molar-refractivity contribution in [2.75, 3.05) is 0 Å². The van der Waals surface area contributed by atoms with Crippen LogP contribution in [0, 0.1) is 11.3 Å². The molecule has 0 atom stereocenters. The largest absolute Gasteiger partial charge is 0.269 e. The summed E-state index contributed by atoms with van der Waals surface area (Å²) in [6.45, 7) is 0.316. The first-order valence-corrected chi connectivity index (χ1v) is 6.76. The molecule has 2 aromatic heterocycles. The van der Waals surface area contributed by atoms with Gasteiger partial charge >= 0.3 is 0 Å². The van der Waals surface area contributed by atoms with E-state index in [0.29, 0.717) is 25.1 Å². The van der Waals surface area contributed by atoms with E-state index in [1.165, 1.54) is 0 Å². The zero-order chi connectivity index (χ0) is 14.0. The molecule has 1 aliphatic carbocycles. The van der Waals surface area contributed by atoms with Crippen LogP contribution >= 0.6 is 0 Å². The van der Waals surface area contributed by atoms with Gasteiger partial charge in [0.1, 0.15) is 17.4 Å². The monoisotopic (exact) mass is 270 g/mol. The van der Waals surface area contributed by atoms with Gasteiger partial charge in [0.15, 0.2) is 0 Å². The second-order valence-corrected chi connectivity index (χ2v) is 5.33. The Bertz CT molecular complexity index is 633. The van der Waals surface area contributed by atoms with Crippen LogP contribution in [0.5, 0.6) is 0 Å². The summed E-state index contributed by atoms with van der Waals surface area (Å²) in [5.41, 5.74) is 1.06. The van der Waals surface area contributed by atoms with E-state index in [2.05, 4.69) is 10.1 Å². The number of alkyl halides is 1. The minimum atomic E-state index is -1.10. The molecular weight excluding hydrogens is 255 g/mol. The molecule has 102 valence electrons. The minimum Gasteiger partial charge on any atom is -0.269 e. The fourth-order valence-electron chi connectivity index (χ4n) is 2.69. The Kier molecular flexibility index (Phi) is 3.23. The van der Waals surface area contributed by atoms with Crippen LogP contribution in [0.2, 0.25) is 0 Å². The van der Waals surface area contributed by atoms with Gasteiger partial charge in [-0.15, -0.1) is 0 Å². The Hall–Kier alpha value is -2.22. The van der Waals surface area contributed by atoms with E-state index in [0.717, 1.165) is 24.0 Å². The smallest absolute Gasteiger partial charge is 0.140 e. The first-order chi connectivity index (χ1) is 9.68. The standard InChI is InChI=1S/C15H15FN4/c16-15(5-1-2-6-15)11-20-10-13(9-19-20)12-3-4-14(7-17)18-8-12/h3-4,8-10H,1-2,5-6,11H2. The van der Waals surface area contributed by atoms with Crippen molar-refractivity contribution in [3.8, 4) is 17.2 Å². The Morgan fingerprint density at radius 1 is 1.25 bits per heavy atom. The maximum absolute atomic E-state index is 14.4. The third-order valence-electron chi connectivity index (χ3n) is 3.79. The van der Waals surface area contributed by atoms with Gasteiger partial charge in [-0.05, 0) is 25.0 Å². The second kappa shape index (κ2) is 5.04. The predicted octanol–water partition coefficient (Wildman–Crippen LogP) is 3.10. The van der Waals surface area contributed by atoms with Gasteiger partial charge in [-0.2, -0.15) is 10.4 Å². The van der Waals surface area contributed by atoms with Gasteiger partial charge in [-0.25, -0.2) is 9.37 Å². The molecule has 20 heavy (non-hydrogen) atoms. The van der Waals surface area contributed by atoms with Crippen molar-refractivity contribution in [3.05, 3.63) is 36.4 Å². The highest BCUT2D eigenvalue weighted by Crippen LogP contribution is 2.34. The summed E-state index contributed by atoms with van der Waals surface area (Å²) >= 11 is 0. The molecule has 3 rings (SSSR count). The van der Waals surface area contributed by atoms with Crippen LogP contribution in [0.3, 0.4) is 0 Å². The molecule has 2 heterocycles. The Morgan fingerprint density at radius 3 is 2.70 bits per heavy atom. The maximum Gasteiger partial charge on any atom is 0.140 e. The lowest BCUT2D eigenvalue weighted by Gasteiger charge is -2.18. The lowest BCUT2D eigenvalue weighted by Crippen LogP contribution is -2.25. The molecule has 0 amide bonds. The molecule has 1 aliphatic rings. The van der Waals surface area contributed by atoms with Crippen LogP contribution in [-0.2, 0) is 6.54 Å². The summed E-state index contributed by atoms with van der Waals surface area (Å²) in [5.74, 6) is 0. The lowest BCUT2D eigenvalue weighted by atomic mass is 10.1. The predicted molar refractivity (Wildman–Crippen MR) is 72.5 cm³/mol. The fourth-order valence-corrected chi connectivity index (χ4v) is 2.69. The van der Waals surface area contributed by atoms with Gasteiger partial charge in [-0.3, -0.25) is 4.68 Å². The Morgan fingerprint density at radius 2 is 2.05 bits per heavy atom. The summed E-state index contributed by atoms with van der Waals surface area (Å²) < 4.78 is 16.1. The number of rotatable bonds is 3. The molecule has 5 heteroatoms. The summed E-state index contributed by atoms with van der Waals surface area (Å²) in [6.07, 6.45) is 8.36. The van der Waals surface area contributed by atoms with Crippen molar-refractivity contribution in [1.82, 2.24) is 14.8 Å². The SMILES string of the molecule is N#Cc1ccc(-c2cnn(CC3(F)CCCC3)c2)cn1. The fraction of sp³-hybridized carbons (Fsp3) is 0.400. The van der Waals surface area contributed by atoms with Gasteiger partial charge < -0.3 is 0 Å². The topological polar surface area (TPSA) is 54.5 Å². The van der Waals surface area contributed by atoms with Gasteiger partial charge in [-0.1, -0.05) is 12.8 Å². The van der Waals surface area contributed by atoms with E-state index in [4.69, 9.17) is 5.26 Å². The van der Waals surface area contributed by atoms with Crippen molar-refractivity contribution >= 4 is 0 Å². The van der Waals surface area contributed by atoms with Gasteiger partial charge in [0, 0.05) is 23.5 Å². The minimum absolute atomic E-state index is 0.316. The third-order valence-corrected chi connectivity index (χ3v) is 3.79. The van der Waals surface area contributed by atoms with Crippen molar-refractivity contribution in [2.24, 2.45) is 0 Å². The number of hydrogen-bond acceptors (Lipinski definition) is 3. The maximum atomic E-state index is 14.4. The number of nitrogens with zero attached hydrogens (tertiary/aromatic N) is 4. The number of halogens is 1. The highest BCUT2D eigenvalue weighted by Gasteiger charge is 2.34. The highest BCUT2D eigenvalue weighted by atomic mass is 19.1. The first kappa shape index (κ1) is 12.8. The van der Waals surface area contributed by atoms with E-state index in [1.54, 1.807) is 23.1 Å². The van der Waals surface area contributed by atoms with Gasteiger partial charge in [0.05, 0.1) is 12.7 Å². The van der Waals surface area contributed by atoms with Crippen LogP contribution in [0.1, 0.15) is 31.4 Å². The van der Waals surface area contributed by atoms with Gasteiger partial charge in [0.2, 0.25) is 0 Å². The zero-order valence-corrected chi connectivity index (χ0v) is 11.1. The van der Waals surface area contributed by atoms with Crippen LogP contribution in [-0.4, -0.2) is 20.4 Å². The molecule has 4 nitrogen and oxygen atoms in total. The molecule has 0 bridgehead atoms. The summed E-state index contributed by atoms with van der Waals surface area (Å²) in [4.78, 5) is 4.03. The number of nitriles is 1. The van der Waals surface area contributed by atoms with Crippen LogP contribution in [0.25, 0.3) is 11.1 Å². The molecule has 0 radical (unpaired) electrons. The molecule has 0 N–H and O–H groups in total. The van der Waals surface area contributed by atoms with E-state index in [1.807, 2.05) is 18.3 Å². The summed E-state index contributed by atoms with van der Waals surface area (Å²) in [6, 6.07) is 5.48. The van der Waals surface area contributed by atoms with E-state index in [9.17, 15) is 4.39 Å². The first-order valence-electron chi connectivity index (χ1n) is 6.76. The third kappa shape index (κ3) is 2.55. The normalized spacial score (nSPS) is 17.0. The molecule has 0 spiro atoms. The van der Waals surface area contributed by atoms with E-state index >= 15 is 0 Å². The second-order valence-electron chi connectivity index (χ2n) is 5.33. The zero-order valence-electron chi connectivity index (χ0n) is 11.1. The van der Waals surface area contributed by atoms with Crippen molar-refractivity contribution in [1.29, 1.82) is 5.26 Å². The molecule has 0 saturated heterocycles. The molecule has 0 unspecified atom stereocenters. The average Bonchev–Trinajstić information content (AvgIpc) is 3.09. The van der Waals surface area contributed by atoms with Gasteiger partial charge in [0.25, 0.3) is 0 Å². The molecular formula is C15H15FN4. The van der Waals surface area contributed by atoms with Crippen molar-refractivity contribution in [2.45, 2.75) is 37.9 Å². The van der Waals surface area contributed by atoms with Crippen molar-refractivity contribution in [3.63, 3.8) is 0 Å². The highest BCUT2D eigenvalue weighted by molar-refractivity contribution is 5.60. The molecule has 2 aromatic rings. The Labute approximate surface area is 116 Å². The molecule has 0 aromatic carbocycles. The van der Waals surface area contributed by atoms with E-state index in [-0.39, 0.29) is 0 Å². The summed E-state index contributed by atoms with van der Waals surface area (Å²) in [7, 11) is 0. The Balaban J connectivity index is 1.77. The summed E-state index contributed by atoms with van der Waals surface area (Å²) in [5, 5.41) is 12.9. The van der Waals surface area contributed by atoms with Crippen LogP contribution in [0.15, 0.2) is 30.7 Å². The van der Waals surface area contributed by atoms with Crippen LogP contribution in [0.4, 0.5) is 4.39 Å². The van der Waals surface area contributed by atoms with E-state index < -0.39 is 5.67 Å². The van der Waals surface area contributed by atoms with Crippen molar-refractivity contribution < 1.29 is 4.39 Å². The number of pyridine rings is 1. The molecule has 1 fully saturated rings. The molecule has 0 aliphatic heterocycles. The number of aromatic nitrogens is 3.